The second-order valence-electron chi connectivity index (χ2n) is 9.27. The van der Waals surface area contributed by atoms with Gasteiger partial charge in [0, 0.05) is 27.2 Å². The predicted octanol–water partition coefficient (Wildman–Crippen LogP) is 8.38. The van der Waals surface area contributed by atoms with Gasteiger partial charge in [-0.15, -0.1) is 11.8 Å². The predicted molar refractivity (Wildman–Crippen MR) is 146 cm³/mol. The minimum absolute atomic E-state index is 0.597. The first-order valence-electron chi connectivity index (χ1n) is 12.4. The molecule has 0 saturated heterocycles. The van der Waals surface area contributed by atoms with Crippen molar-refractivity contribution in [2.45, 2.75) is 49.3 Å². The Hall–Kier alpha value is -2.89. The highest BCUT2D eigenvalue weighted by Gasteiger charge is 2.51. The van der Waals surface area contributed by atoms with Crippen LogP contribution >= 0.6 is 23.4 Å². The van der Waals surface area contributed by atoms with Gasteiger partial charge in [-0.3, -0.25) is 4.79 Å². The molecule has 1 saturated carbocycles. The number of hydrogen-bond acceptors (Lipinski definition) is 4. The van der Waals surface area contributed by atoms with Gasteiger partial charge in [0.1, 0.15) is 11.3 Å². The second kappa shape index (κ2) is 10.6. The summed E-state index contributed by atoms with van der Waals surface area (Å²) < 4.78 is 12.3. The molecule has 186 valence electrons. The van der Waals surface area contributed by atoms with Crippen LogP contribution in [0.2, 0.25) is 5.02 Å². The number of aryl methyl sites for hydroxylation is 1. The normalized spacial score (nSPS) is 14.2. The van der Waals surface area contributed by atoms with E-state index in [4.69, 9.17) is 20.8 Å². The molecule has 6 heteroatoms. The van der Waals surface area contributed by atoms with E-state index in [1.807, 2.05) is 42.7 Å². The highest BCUT2D eigenvalue weighted by molar-refractivity contribution is 7.99. The third kappa shape index (κ3) is 4.87. The van der Waals surface area contributed by atoms with Gasteiger partial charge < -0.3 is 14.3 Å². The molecule has 1 aliphatic carbocycles. The molecule has 0 atom stereocenters. The third-order valence-corrected chi connectivity index (χ3v) is 8.42. The highest BCUT2D eigenvalue weighted by atomic mass is 35.5. The molecule has 0 unspecified atom stereocenters. The molecule has 0 spiro atoms. The van der Waals surface area contributed by atoms with Crippen molar-refractivity contribution >= 4 is 40.3 Å². The van der Waals surface area contributed by atoms with Gasteiger partial charge in [-0.25, -0.2) is 0 Å². The molecule has 0 amide bonds. The van der Waals surface area contributed by atoms with Crippen molar-refractivity contribution in [3.63, 3.8) is 0 Å². The Morgan fingerprint density at radius 2 is 1.94 bits per heavy atom. The first-order valence-corrected chi connectivity index (χ1v) is 13.8. The number of carboxylic acid groups (broad SMARTS) is 1. The van der Waals surface area contributed by atoms with Crippen LogP contribution in [0.1, 0.15) is 43.7 Å². The molecule has 1 aliphatic rings. The van der Waals surface area contributed by atoms with Gasteiger partial charge in [0.25, 0.3) is 0 Å². The van der Waals surface area contributed by atoms with Crippen molar-refractivity contribution < 1.29 is 19.1 Å². The quantitative estimate of drug-likeness (QED) is 0.159. The number of fused-ring (bicyclic) bond motifs is 1. The summed E-state index contributed by atoms with van der Waals surface area (Å²) in [7, 11) is 0. The highest BCUT2D eigenvalue weighted by Crippen LogP contribution is 2.49. The number of benzene rings is 3. The summed E-state index contributed by atoms with van der Waals surface area (Å²) in [5, 5.41) is 11.2. The lowest BCUT2D eigenvalue weighted by atomic mass is 9.96. The number of carbonyl (C=O) groups is 1. The molecular weight excluding hydrogens is 492 g/mol. The van der Waals surface area contributed by atoms with E-state index in [1.54, 1.807) is 11.8 Å². The maximum Gasteiger partial charge on any atom is 0.314 e. The fraction of sp³-hybridized carbons (Fsp3) is 0.300. The average molecular weight is 521 g/mol. The van der Waals surface area contributed by atoms with Crippen molar-refractivity contribution in [1.29, 1.82) is 0 Å². The standard InChI is InChI=1S/C30H29ClO4S/c1-2-7-23-26(12-11-22-24(19-35-28(22)23)20-8-4-3-5-9-20)34-16-6-17-36-27-13-10-21(18-25(27)31)30(14-15-30)29(32)33/h3-5,8-13,18-19H,2,6-7,14-17H2,1H3,(H,32,33). The monoisotopic (exact) mass is 520 g/mol. The molecule has 4 aromatic rings. The van der Waals surface area contributed by atoms with Gasteiger partial charge in [0.05, 0.1) is 23.3 Å². The van der Waals surface area contributed by atoms with E-state index in [2.05, 4.69) is 31.2 Å². The van der Waals surface area contributed by atoms with Crippen LogP contribution in [0.3, 0.4) is 0 Å². The maximum atomic E-state index is 11.6. The Labute approximate surface area is 220 Å². The lowest BCUT2D eigenvalue weighted by Crippen LogP contribution is -2.19. The van der Waals surface area contributed by atoms with E-state index in [0.29, 0.717) is 24.5 Å². The lowest BCUT2D eigenvalue weighted by molar-refractivity contribution is -0.140. The molecule has 36 heavy (non-hydrogen) atoms. The fourth-order valence-corrected chi connectivity index (χ4v) is 5.88. The van der Waals surface area contributed by atoms with Crippen molar-refractivity contribution in [3.05, 3.63) is 83.1 Å². The van der Waals surface area contributed by atoms with Crippen molar-refractivity contribution in [1.82, 2.24) is 0 Å². The van der Waals surface area contributed by atoms with Gasteiger partial charge in [-0.1, -0.05) is 61.3 Å². The SMILES string of the molecule is CCCc1c(OCCCSc2ccc(C3(C(=O)O)CC3)cc2Cl)ccc2c(-c3ccccc3)coc12. The van der Waals surface area contributed by atoms with Crippen molar-refractivity contribution in [3.8, 4) is 16.9 Å². The van der Waals surface area contributed by atoms with Crippen LogP contribution in [0.15, 0.2) is 76.2 Å². The molecule has 0 bridgehead atoms. The average Bonchev–Trinajstić information content (AvgIpc) is 3.60. The molecule has 3 aromatic carbocycles. The summed E-state index contributed by atoms with van der Waals surface area (Å²) in [6.45, 7) is 2.76. The van der Waals surface area contributed by atoms with Gasteiger partial charge in [-0.2, -0.15) is 0 Å². The van der Waals surface area contributed by atoms with Crippen molar-refractivity contribution in [2.24, 2.45) is 0 Å². The van der Waals surface area contributed by atoms with Crippen LogP contribution in [0.25, 0.3) is 22.1 Å². The molecule has 4 nitrogen and oxygen atoms in total. The molecule has 1 heterocycles. The molecule has 0 aliphatic heterocycles. The number of furan rings is 1. The van der Waals surface area contributed by atoms with Crippen LogP contribution in [0.4, 0.5) is 0 Å². The number of thioether (sulfide) groups is 1. The van der Waals surface area contributed by atoms with Gasteiger partial charge in [0.15, 0.2) is 0 Å². The van der Waals surface area contributed by atoms with Gasteiger partial charge in [-0.05, 0) is 61.1 Å². The number of halogens is 1. The summed E-state index contributed by atoms with van der Waals surface area (Å²) >= 11 is 8.15. The Kier molecular flexibility index (Phi) is 7.31. The van der Waals surface area contributed by atoms with E-state index in [0.717, 1.165) is 68.9 Å². The number of aliphatic carboxylic acids is 1. The summed E-state index contributed by atoms with van der Waals surface area (Å²) in [5.41, 5.74) is 4.35. The maximum absolute atomic E-state index is 11.6. The molecule has 1 aromatic heterocycles. The largest absolute Gasteiger partial charge is 0.493 e. The summed E-state index contributed by atoms with van der Waals surface area (Å²) in [6, 6.07) is 20.1. The van der Waals surface area contributed by atoms with Crippen LogP contribution in [0.5, 0.6) is 5.75 Å². The van der Waals surface area contributed by atoms with Crippen LogP contribution in [-0.4, -0.2) is 23.4 Å². The second-order valence-corrected chi connectivity index (χ2v) is 10.8. The van der Waals surface area contributed by atoms with Crippen LogP contribution in [-0.2, 0) is 16.6 Å². The van der Waals surface area contributed by atoms with E-state index in [-0.39, 0.29) is 0 Å². The number of rotatable bonds is 11. The molecule has 0 radical (unpaired) electrons. The van der Waals surface area contributed by atoms with E-state index >= 15 is 0 Å². The number of hydrogen-bond donors (Lipinski definition) is 1. The van der Waals surface area contributed by atoms with Crippen molar-refractivity contribution in [2.75, 3.05) is 12.4 Å². The van der Waals surface area contributed by atoms with Crippen LogP contribution < -0.4 is 4.74 Å². The Bertz CT molecular complexity index is 1370. The minimum atomic E-state index is -0.761. The molecule has 1 N–H and O–H groups in total. The molecule has 5 rings (SSSR count). The zero-order valence-electron chi connectivity index (χ0n) is 20.3. The minimum Gasteiger partial charge on any atom is -0.493 e. The summed E-state index contributed by atoms with van der Waals surface area (Å²) in [4.78, 5) is 12.5. The topological polar surface area (TPSA) is 59.7 Å². The molecular formula is C30H29ClO4S. The third-order valence-electron chi connectivity index (χ3n) is 6.83. The lowest BCUT2D eigenvalue weighted by Gasteiger charge is -2.13. The summed E-state index contributed by atoms with van der Waals surface area (Å²) in [5.74, 6) is 0.976. The Morgan fingerprint density at radius 3 is 2.64 bits per heavy atom. The summed E-state index contributed by atoms with van der Waals surface area (Å²) in [6.07, 6.45) is 5.96. The first-order chi connectivity index (χ1) is 17.5. The van der Waals surface area contributed by atoms with E-state index in [1.165, 1.54) is 0 Å². The number of carboxylic acids is 1. The smallest absolute Gasteiger partial charge is 0.314 e. The van der Waals surface area contributed by atoms with Gasteiger partial charge in [0.2, 0.25) is 0 Å². The Balaban J connectivity index is 1.21. The zero-order chi connectivity index (χ0) is 25.1. The van der Waals surface area contributed by atoms with E-state index < -0.39 is 11.4 Å². The number of ether oxygens (including phenoxy) is 1. The van der Waals surface area contributed by atoms with Gasteiger partial charge >= 0.3 is 5.97 Å². The zero-order valence-corrected chi connectivity index (χ0v) is 21.8. The van der Waals surface area contributed by atoms with Crippen LogP contribution in [0, 0.1) is 0 Å². The van der Waals surface area contributed by atoms with E-state index in [9.17, 15) is 9.90 Å². The molecule has 1 fully saturated rings. The first kappa shape index (κ1) is 24.8. The Morgan fingerprint density at radius 1 is 1.14 bits per heavy atom. The fourth-order valence-electron chi connectivity index (χ4n) is 4.69.